The normalized spacial score (nSPS) is 10.3. The van der Waals surface area contributed by atoms with E-state index in [4.69, 9.17) is 11.6 Å². The number of amides is 1. The molecule has 3 rings (SSSR count). The summed E-state index contributed by atoms with van der Waals surface area (Å²) in [4.78, 5) is 20.7. The molecule has 2 aromatic carbocycles. The van der Waals surface area contributed by atoms with Gasteiger partial charge in [-0.05, 0) is 36.2 Å². The molecule has 3 aromatic rings. The molecule has 0 atom stereocenters. The first kappa shape index (κ1) is 16.9. The lowest BCUT2D eigenvalue weighted by Gasteiger charge is -2.08. The van der Waals surface area contributed by atoms with Crippen LogP contribution in [0.3, 0.4) is 0 Å². The van der Waals surface area contributed by atoms with Gasteiger partial charge in [0.1, 0.15) is 5.69 Å². The predicted molar refractivity (Wildman–Crippen MR) is 99.1 cm³/mol. The highest BCUT2D eigenvalue weighted by Gasteiger charge is 2.09. The van der Waals surface area contributed by atoms with Crippen LogP contribution in [0.15, 0.2) is 60.8 Å². The number of halogens is 1. The Morgan fingerprint density at radius 1 is 1.12 bits per heavy atom. The molecule has 1 heterocycles. The monoisotopic (exact) mass is 352 g/mol. The molecule has 1 aromatic heterocycles. The molecule has 0 aliphatic carbocycles. The Kier molecular flexibility index (Phi) is 5.26. The Balaban J connectivity index is 1.68. The Labute approximate surface area is 151 Å². The third-order valence-electron chi connectivity index (χ3n) is 3.61. The van der Waals surface area contributed by atoms with Gasteiger partial charge >= 0.3 is 0 Å². The number of nitrogens with one attached hydrogen (secondary N) is 2. The summed E-state index contributed by atoms with van der Waals surface area (Å²) >= 11 is 6.12. The third kappa shape index (κ3) is 4.55. The van der Waals surface area contributed by atoms with Crippen molar-refractivity contribution < 1.29 is 4.79 Å². The first-order valence-corrected chi connectivity index (χ1v) is 8.18. The van der Waals surface area contributed by atoms with Crippen molar-refractivity contribution >= 4 is 29.1 Å². The highest BCUT2D eigenvalue weighted by atomic mass is 35.5. The van der Waals surface area contributed by atoms with Gasteiger partial charge < -0.3 is 10.6 Å². The van der Waals surface area contributed by atoms with Crippen LogP contribution < -0.4 is 10.6 Å². The molecule has 0 unspecified atom stereocenters. The summed E-state index contributed by atoms with van der Waals surface area (Å²) < 4.78 is 0. The maximum atomic E-state index is 12.3. The fraction of sp³-hybridized carbons (Fsp3) is 0.105. The number of rotatable bonds is 5. The van der Waals surface area contributed by atoms with E-state index in [9.17, 15) is 4.79 Å². The Hall–Kier alpha value is -2.92. The molecule has 2 N–H and O–H groups in total. The topological polar surface area (TPSA) is 66.9 Å². The SMILES string of the molecule is Cc1ccc(Nc2nccc(C(=O)NCc3ccccc3)n2)cc1Cl. The van der Waals surface area contributed by atoms with Crippen molar-refractivity contribution in [2.45, 2.75) is 13.5 Å². The summed E-state index contributed by atoms with van der Waals surface area (Å²) in [5.74, 6) is 0.0866. The summed E-state index contributed by atoms with van der Waals surface area (Å²) in [6, 6.07) is 16.9. The highest BCUT2D eigenvalue weighted by Crippen LogP contribution is 2.21. The van der Waals surface area contributed by atoms with Crippen molar-refractivity contribution in [2.75, 3.05) is 5.32 Å². The van der Waals surface area contributed by atoms with Crippen LogP contribution >= 0.6 is 11.6 Å². The molecule has 25 heavy (non-hydrogen) atoms. The lowest BCUT2D eigenvalue weighted by Crippen LogP contribution is -2.24. The van der Waals surface area contributed by atoms with E-state index in [1.165, 1.54) is 0 Å². The second-order valence-corrected chi connectivity index (χ2v) is 5.93. The summed E-state index contributed by atoms with van der Waals surface area (Å²) in [7, 11) is 0. The van der Waals surface area contributed by atoms with Gasteiger partial charge in [-0.3, -0.25) is 4.79 Å². The van der Waals surface area contributed by atoms with E-state index >= 15 is 0 Å². The molecular weight excluding hydrogens is 336 g/mol. The molecule has 0 saturated carbocycles. The van der Waals surface area contributed by atoms with Gasteiger partial charge in [-0.2, -0.15) is 0 Å². The minimum Gasteiger partial charge on any atom is -0.347 e. The Bertz CT molecular complexity index is 884. The average Bonchev–Trinajstić information content (AvgIpc) is 2.64. The minimum atomic E-state index is -0.253. The number of aromatic nitrogens is 2. The quantitative estimate of drug-likeness (QED) is 0.725. The van der Waals surface area contributed by atoms with Crippen molar-refractivity contribution in [1.82, 2.24) is 15.3 Å². The van der Waals surface area contributed by atoms with Crippen LogP contribution in [-0.2, 0) is 6.54 Å². The van der Waals surface area contributed by atoms with Gasteiger partial charge in [0.2, 0.25) is 5.95 Å². The Morgan fingerprint density at radius 2 is 1.92 bits per heavy atom. The second-order valence-electron chi connectivity index (χ2n) is 5.52. The van der Waals surface area contributed by atoms with E-state index in [0.717, 1.165) is 16.8 Å². The molecule has 6 heteroatoms. The van der Waals surface area contributed by atoms with E-state index in [1.807, 2.05) is 49.4 Å². The van der Waals surface area contributed by atoms with Crippen LogP contribution in [0, 0.1) is 6.92 Å². The van der Waals surface area contributed by atoms with Crippen molar-refractivity contribution in [3.05, 3.63) is 82.6 Å². The molecule has 0 aliphatic rings. The van der Waals surface area contributed by atoms with E-state index in [1.54, 1.807) is 18.3 Å². The van der Waals surface area contributed by atoms with Crippen LogP contribution in [0.1, 0.15) is 21.6 Å². The summed E-state index contributed by atoms with van der Waals surface area (Å²) in [5.41, 5.74) is 3.07. The molecular formula is C19H17ClN4O. The van der Waals surface area contributed by atoms with Crippen molar-refractivity contribution in [3.63, 3.8) is 0 Å². The molecule has 1 amide bonds. The molecule has 0 bridgehead atoms. The number of hydrogen-bond acceptors (Lipinski definition) is 4. The van der Waals surface area contributed by atoms with Crippen LogP contribution in [-0.4, -0.2) is 15.9 Å². The Morgan fingerprint density at radius 3 is 2.68 bits per heavy atom. The summed E-state index contributed by atoms with van der Waals surface area (Å²) in [5, 5.41) is 6.55. The first-order chi connectivity index (χ1) is 12.1. The maximum absolute atomic E-state index is 12.3. The van der Waals surface area contributed by atoms with E-state index in [2.05, 4.69) is 20.6 Å². The smallest absolute Gasteiger partial charge is 0.270 e. The van der Waals surface area contributed by atoms with Gasteiger partial charge in [-0.15, -0.1) is 0 Å². The number of hydrogen-bond donors (Lipinski definition) is 2. The number of benzene rings is 2. The molecule has 0 fully saturated rings. The van der Waals surface area contributed by atoms with Crippen LogP contribution in [0.4, 0.5) is 11.6 Å². The zero-order chi connectivity index (χ0) is 17.6. The van der Waals surface area contributed by atoms with E-state index < -0.39 is 0 Å². The zero-order valence-corrected chi connectivity index (χ0v) is 14.4. The zero-order valence-electron chi connectivity index (χ0n) is 13.7. The summed E-state index contributed by atoms with van der Waals surface area (Å²) in [6.07, 6.45) is 1.54. The van der Waals surface area contributed by atoms with Gasteiger partial charge in [0.15, 0.2) is 0 Å². The van der Waals surface area contributed by atoms with Gasteiger partial charge in [-0.1, -0.05) is 48.0 Å². The maximum Gasteiger partial charge on any atom is 0.270 e. The average molecular weight is 353 g/mol. The second kappa shape index (κ2) is 7.77. The molecule has 0 saturated heterocycles. The summed E-state index contributed by atoms with van der Waals surface area (Å²) in [6.45, 7) is 2.38. The fourth-order valence-corrected chi connectivity index (χ4v) is 2.39. The molecule has 0 radical (unpaired) electrons. The molecule has 0 spiro atoms. The van der Waals surface area contributed by atoms with Gasteiger partial charge in [-0.25, -0.2) is 9.97 Å². The number of aryl methyl sites for hydroxylation is 1. The van der Waals surface area contributed by atoms with E-state index in [-0.39, 0.29) is 5.91 Å². The minimum absolute atomic E-state index is 0.253. The lowest BCUT2D eigenvalue weighted by molar-refractivity contribution is 0.0946. The molecule has 5 nitrogen and oxygen atoms in total. The molecule has 0 aliphatic heterocycles. The largest absolute Gasteiger partial charge is 0.347 e. The predicted octanol–water partition coefficient (Wildman–Crippen LogP) is 4.11. The van der Waals surface area contributed by atoms with Crippen molar-refractivity contribution in [1.29, 1.82) is 0 Å². The number of anilines is 2. The van der Waals surface area contributed by atoms with Gasteiger partial charge in [0.25, 0.3) is 5.91 Å². The van der Waals surface area contributed by atoms with Crippen LogP contribution in [0.5, 0.6) is 0 Å². The lowest BCUT2D eigenvalue weighted by atomic mass is 10.2. The van der Waals surface area contributed by atoms with Crippen LogP contribution in [0.2, 0.25) is 5.02 Å². The van der Waals surface area contributed by atoms with Crippen molar-refractivity contribution in [3.8, 4) is 0 Å². The van der Waals surface area contributed by atoms with Gasteiger partial charge in [0.05, 0.1) is 0 Å². The fourth-order valence-electron chi connectivity index (χ4n) is 2.21. The number of carbonyl (C=O) groups excluding carboxylic acids is 1. The first-order valence-electron chi connectivity index (χ1n) is 7.80. The number of carbonyl (C=O) groups is 1. The highest BCUT2D eigenvalue weighted by molar-refractivity contribution is 6.31. The van der Waals surface area contributed by atoms with E-state index in [0.29, 0.717) is 23.2 Å². The van der Waals surface area contributed by atoms with Gasteiger partial charge in [0, 0.05) is 23.5 Å². The van der Waals surface area contributed by atoms with Crippen LogP contribution in [0.25, 0.3) is 0 Å². The number of nitrogens with zero attached hydrogens (tertiary/aromatic N) is 2. The standard InChI is InChI=1S/C19H17ClN4O/c1-13-7-8-15(11-16(13)20)23-19-21-10-9-17(24-19)18(25)22-12-14-5-3-2-4-6-14/h2-11H,12H2,1H3,(H,22,25)(H,21,23,24). The van der Waals surface area contributed by atoms with Crippen molar-refractivity contribution in [2.24, 2.45) is 0 Å². The third-order valence-corrected chi connectivity index (χ3v) is 4.02. The molecule has 126 valence electrons.